The maximum Gasteiger partial charge on any atom is 0.0928 e. The van der Waals surface area contributed by atoms with Gasteiger partial charge in [-0.05, 0) is 47.0 Å². The third-order valence-corrected chi connectivity index (χ3v) is 5.38. The number of aromatic nitrogens is 1. The minimum atomic E-state index is 0.783. The Morgan fingerprint density at radius 2 is 2.28 bits per heavy atom. The van der Waals surface area contributed by atoms with Gasteiger partial charge in [-0.25, -0.2) is 4.98 Å². The summed E-state index contributed by atoms with van der Waals surface area (Å²) >= 11 is 7.07. The Bertz CT molecular complexity index is 525. The highest BCUT2D eigenvalue weighted by Crippen LogP contribution is 2.31. The normalized spacial score (nSPS) is 10.8. The van der Waals surface area contributed by atoms with Crippen LogP contribution in [0.25, 0.3) is 0 Å². The van der Waals surface area contributed by atoms with Gasteiger partial charge in [0.2, 0.25) is 0 Å². The Labute approximate surface area is 124 Å². The topological polar surface area (TPSA) is 38.9 Å². The van der Waals surface area contributed by atoms with Gasteiger partial charge in [-0.15, -0.1) is 23.1 Å². The van der Waals surface area contributed by atoms with Gasteiger partial charge in [-0.2, -0.15) is 0 Å². The zero-order valence-electron chi connectivity index (χ0n) is 10.1. The molecule has 0 unspecified atom stereocenters. The zero-order valence-corrected chi connectivity index (χ0v) is 13.4. The number of hydrogen-bond donors (Lipinski definition) is 1. The monoisotopic (exact) mass is 342 g/mol. The SMILES string of the molecule is CCCc1nc(CSc2ccc(N)cc2Br)cs1. The molecular weight excluding hydrogens is 328 g/mol. The summed E-state index contributed by atoms with van der Waals surface area (Å²) < 4.78 is 1.05. The second kappa shape index (κ2) is 6.59. The van der Waals surface area contributed by atoms with Crippen LogP contribution < -0.4 is 5.73 Å². The van der Waals surface area contributed by atoms with Crippen LogP contribution in [0.2, 0.25) is 0 Å². The molecule has 18 heavy (non-hydrogen) atoms. The van der Waals surface area contributed by atoms with Crippen LogP contribution in [0.3, 0.4) is 0 Å². The zero-order chi connectivity index (χ0) is 13.0. The van der Waals surface area contributed by atoms with Gasteiger partial charge in [0, 0.05) is 26.2 Å². The van der Waals surface area contributed by atoms with E-state index in [4.69, 9.17) is 5.73 Å². The summed E-state index contributed by atoms with van der Waals surface area (Å²) in [6.45, 7) is 2.18. The van der Waals surface area contributed by atoms with Crippen LogP contribution in [0, 0.1) is 0 Å². The maximum atomic E-state index is 5.72. The van der Waals surface area contributed by atoms with Crippen molar-refractivity contribution < 1.29 is 0 Å². The van der Waals surface area contributed by atoms with E-state index in [9.17, 15) is 0 Å². The molecule has 2 rings (SSSR count). The first kappa shape index (κ1) is 13.9. The molecule has 96 valence electrons. The third kappa shape index (κ3) is 3.73. The first-order chi connectivity index (χ1) is 8.69. The van der Waals surface area contributed by atoms with Crippen molar-refractivity contribution in [1.82, 2.24) is 4.98 Å². The van der Waals surface area contributed by atoms with Gasteiger partial charge in [0.25, 0.3) is 0 Å². The number of hydrogen-bond acceptors (Lipinski definition) is 4. The molecular formula is C13H15BrN2S2. The molecule has 0 bridgehead atoms. The van der Waals surface area contributed by atoms with Crippen LogP contribution in [0.1, 0.15) is 24.0 Å². The molecule has 0 spiro atoms. The molecule has 0 aliphatic heterocycles. The summed E-state index contributed by atoms with van der Waals surface area (Å²) in [5.41, 5.74) is 7.67. The molecule has 0 atom stereocenters. The van der Waals surface area contributed by atoms with Crippen molar-refractivity contribution in [3.63, 3.8) is 0 Å². The van der Waals surface area contributed by atoms with E-state index in [-0.39, 0.29) is 0 Å². The van der Waals surface area contributed by atoms with Gasteiger partial charge in [-0.1, -0.05) is 6.92 Å². The lowest BCUT2D eigenvalue weighted by atomic mass is 10.3. The van der Waals surface area contributed by atoms with Gasteiger partial charge in [0.05, 0.1) is 10.7 Å². The molecule has 1 heterocycles. The van der Waals surface area contributed by atoms with Crippen molar-refractivity contribution in [3.8, 4) is 0 Å². The number of rotatable bonds is 5. The molecule has 2 nitrogen and oxygen atoms in total. The molecule has 2 N–H and O–H groups in total. The van der Waals surface area contributed by atoms with Crippen LogP contribution in [0.15, 0.2) is 32.9 Å². The first-order valence-electron chi connectivity index (χ1n) is 5.80. The molecule has 0 aliphatic carbocycles. The predicted octanol–water partition coefficient (Wildman–Crippen LogP) is 4.73. The lowest BCUT2D eigenvalue weighted by Crippen LogP contribution is -1.87. The number of thiazole rings is 1. The van der Waals surface area contributed by atoms with Crippen molar-refractivity contribution in [2.75, 3.05) is 5.73 Å². The minimum absolute atomic E-state index is 0.783. The van der Waals surface area contributed by atoms with Crippen molar-refractivity contribution in [1.29, 1.82) is 0 Å². The fraction of sp³-hybridized carbons (Fsp3) is 0.308. The fourth-order valence-electron chi connectivity index (χ4n) is 1.53. The van der Waals surface area contributed by atoms with Gasteiger partial charge in [0.1, 0.15) is 0 Å². The van der Waals surface area contributed by atoms with E-state index in [0.29, 0.717) is 0 Å². The Morgan fingerprint density at radius 3 is 3.00 bits per heavy atom. The van der Waals surface area contributed by atoms with Gasteiger partial charge in [-0.3, -0.25) is 0 Å². The Morgan fingerprint density at radius 1 is 1.44 bits per heavy atom. The van der Waals surface area contributed by atoms with Crippen LogP contribution in [0.4, 0.5) is 5.69 Å². The number of halogens is 1. The van der Waals surface area contributed by atoms with Crippen LogP contribution >= 0.6 is 39.0 Å². The Kier molecular flexibility index (Phi) is 5.09. The summed E-state index contributed by atoms with van der Waals surface area (Å²) in [4.78, 5) is 5.82. The second-order valence-corrected chi connectivity index (χ2v) is 6.78. The highest BCUT2D eigenvalue weighted by atomic mass is 79.9. The molecule has 1 aromatic carbocycles. The van der Waals surface area contributed by atoms with Gasteiger partial charge in [0.15, 0.2) is 0 Å². The minimum Gasteiger partial charge on any atom is -0.399 e. The third-order valence-electron chi connectivity index (χ3n) is 2.39. The molecule has 0 saturated heterocycles. The van der Waals surface area contributed by atoms with Crippen LogP contribution in [0.5, 0.6) is 0 Å². The summed E-state index contributed by atoms with van der Waals surface area (Å²) in [6.07, 6.45) is 2.24. The highest BCUT2D eigenvalue weighted by molar-refractivity contribution is 9.10. The molecule has 0 aliphatic rings. The number of nitrogens with zero attached hydrogens (tertiary/aromatic N) is 1. The number of thioether (sulfide) groups is 1. The van der Waals surface area contributed by atoms with Gasteiger partial charge >= 0.3 is 0 Å². The van der Waals surface area contributed by atoms with Crippen molar-refractivity contribution in [2.45, 2.75) is 30.4 Å². The maximum absolute atomic E-state index is 5.72. The molecule has 5 heteroatoms. The van der Waals surface area contributed by atoms with E-state index in [2.05, 4.69) is 33.2 Å². The number of anilines is 1. The molecule has 0 amide bonds. The average molecular weight is 343 g/mol. The largest absolute Gasteiger partial charge is 0.399 e. The standard InChI is InChI=1S/C13H15BrN2S2/c1-2-3-13-16-10(8-18-13)7-17-12-5-4-9(15)6-11(12)14/h4-6,8H,2-3,7,15H2,1H3. The quantitative estimate of drug-likeness (QED) is 0.630. The summed E-state index contributed by atoms with van der Waals surface area (Å²) in [5.74, 6) is 0.905. The molecule has 1 aromatic heterocycles. The number of nitrogen functional groups attached to an aromatic ring is 1. The molecule has 0 radical (unpaired) electrons. The lowest BCUT2D eigenvalue weighted by molar-refractivity contribution is 0.902. The molecule has 0 fully saturated rings. The van der Waals surface area contributed by atoms with E-state index in [1.165, 1.54) is 9.90 Å². The average Bonchev–Trinajstić information content (AvgIpc) is 2.76. The predicted molar refractivity (Wildman–Crippen MR) is 84.2 cm³/mol. The number of benzene rings is 1. The summed E-state index contributed by atoms with van der Waals surface area (Å²) in [7, 11) is 0. The van der Waals surface area contributed by atoms with Crippen molar-refractivity contribution in [3.05, 3.63) is 38.8 Å². The van der Waals surface area contributed by atoms with E-state index in [0.717, 1.165) is 34.4 Å². The molecule has 2 aromatic rings. The first-order valence-corrected chi connectivity index (χ1v) is 8.46. The molecule has 0 saturated carbocycles. The summed E-state index contributed by atoms with van der Waals surface area (Å²) in [5, 5.41) is 3.40. The van der Waals surface area contributed by atoms with Crippen molar-refractivity contribution >= 4 is 44.7 Å². The Hall–Kier alpha value is -0.520. The summed E-state index contributed by atoms with van der Waals surface area (Å²) in [6, 6.07) is 5.91. The van der Waals surface area contributed by atoms with E-state index in [1.54, 1.807) is 23.1 Å². The van der Waals surface area contributed by atoms with Crippen LogP contribution in [-0.2, 0) is 12.2 Å². The second-order valence-electron chi connectivity index (χ2n) is 3.96. The number of aryl methyl sites for hydroxylation is 1. The lowest BCUT2D eigenvalue weighted by Gasteiger charge is -2.03. The fourth-order valence-corrected chi connectivity index (χ4v) is 4.09. The van der Waals surface area contributed by atoms with Crippen LogP contribution in [-0.4, -0.2) is 4.98 Å². The van der Waals surface area contributed by atoms with Gasteiger partial charge < -0.3 is 5.73 Å². The van der Waals surface area contributed by atoms with E-state index in [1.807, 2.05) is 18.2 Å². The van der Waals surface area contributed by atoms with E-state index < -0.39 is 0 Å². The van der Waals surface area contributed by atoms with Crippen molar-refractivity contribution in [2.24, 2.45) is 0 Å². The Balaban J connectivity index is 1.97. The van der Waals surface area contributed by atoms with E-state index >= 15 is 0 Å². The smallest absolute Gasteiger partial charge is 0.0928 e. The number of nitrogens with two attached hydrogens (primary N) is 1. The highest BCUT2D eigenvalue weighted by Gasteiger charge is 2.05.